The van der Waals surface area contributed by atoms with E-state index < -0.39 is 18.3 Å². The lowest BCUT2D eigenvalue weighted by Crippen LogP contribution is -2.37. The van der Waals surface area contributed by atoms with Crippen molar-refractivity contribution in [1.82, 2.24) is 0 Å². The molecule has 0 bridgehead atoms. The molecule has 0 heterocycles. The van der Waals surface area contributed by atoms with Crippen LogP contribution in [-0.4, -0.2) is 48.3 Å². The Labute approximate surface area is 123 Å². The molecule has 0 aromatic rings. The summed E-state index contributed by atoms with van der Waals surface area (Å²) in [5, 5.41) is 19.8. The second-order valence-electron chi connectivity index (χ2n) is 4.76. The molecule has 3 atom stereocenters. The second kappa shape index (κ2) is 13.3. The first-order valence-corrected chi connectivity index (χ1v) is 7.52. The Balaban J connectivity index is 3.99. The zero-order valence-electron chi connectivity index (χ0n) is 12.8. The summed E-state index contributed by atoms with van der Waals surface area (Å²) in [4.78, 5) is 0. The molecule has 0 rings (SSSR count). The molecule has 0 saturated carbocycles. The number of ether oxygens (including phenoxy) is 2. The van der Waals surface area contributed by atoms with E-state index in [-0.39, 0.29) is 0 Å². The van der Waals surface area contributed by atoms with Gasteiger partial charge in [-0.05, 0) is 12.8 Å². The largest absolute Gasteiger partial charge is 0.387 e. The zero-order chi connectivity index (χ0) is 15.2. The Morgan fingerprint density at radius 3 is 2.35 bits per heavy atom. The normalized spacial score (nSPS) is 16.2. The van der Waals surface area contributed by atoms with Gasteiger partial charge in [-0.1, -0.05) is 44.9 Å². The Hall–Kier alpha value is -0.680. The van der Waals surface area contributed by atoms with Crippen molar-refractivity contribution in [3.8, 4) is 0 Å². The first-order chi connectivity index (χ1) is 9.67. The summed E-state index contributed by atoms with van der Waals surface area (Å²) in [6.07, 6.45) is 6.32. The minimum atomic E-state index is -1.00. The molecule has 2 N–H and O–H groups in total. The van der Waals surface area contributed by atoms with Crippen LogP contribution in [0.4, 0.5) is 0 Å². The van der Waals surface area contributed by atoms with Crippen molar-refractivity contribution in [2.75, 3.05) is 19.8 Å². The van der Waals surface area contributed by atoms with Crippen molar-refractivity contribution in [2.45, 2.75) is 57.8 Å². The highest BCUT2D eigenvalue weighted by Crippen LogP contribution is 2.08. The van der Waals surface area contributed by atoms with Crippen LogP contribution in [0.3, 0.4) is 0 Å². The van der Waals surface area contributed by atoms with Gasteiger partial charge in [0.2, 0.25) is 0 Å². The lowest BCUT2D eigenvalue weighted by atomic mass is 10.1. The maximum Gasteiger partial charge on any atom is 0.113 e. The zero-order valence-corrected chi connectivity index (χ0v) is 12.8. The van der Waals surface area contributed by atoms with E-state index in [9.17, 15) is 10.2 Å². The van der Waals surface area contributed by atoms with Gasteiger partial charge in [-0.15, -0.1) is 6.58 Å². The van der Waals surface area contributed by atoms with Crippen molar-refractivity contribution in [3.05, 3.63) is 24.8 Å². The molecule has 0 radical (unpaired) electrons. The lowest BCUT2D eigenvalue weighted by molar-refractivity contribution is -0.0557. The van der Waals surface area contributed by atoms with E-state index in [1.54, 1.807) is 6.08 Å². The van der Waals surface area contributed by atoms with Gasteiger partial charge in [-0.25, -0.2) is 0 Å². The highest BCUT2D eigenvalue weighted by molar-refractivity contribution is 4.99. The Kier molecular flexibility index (Phi) is 12.9. The second-order valence-corrected chi connectivity index (χ2v) is 4.76. The molecule has 0 saturated heterocycles. The predicted octanol–water partition coefficient (Wildman–Crippen LogP) is 2.45. The molecule has 0 aromatic carbocycles. The van der Waals surface area contributed by atoms with Crippen LogP contribution in [0.1, 0.15) is 39.5 Å². The van der Waals surface area contributed by atoms with Gasteiger partial charge in [-0.3, -0.25) is 0 Å². The molecule has 0 aromatic heterocycles. The van der Waals surface area contributed by atoms with Gasteiger partial charge in [0, 0.05) is 13.2 Å². The SMILES string of the molecule is C=CC(OCCCC)C(O)C(O)C=CCOCCCC. The van der Waals surface area contributed by atoms with E-state index in [1.807, 2.05) is 0 Å². The molecule has 0 aliphatic carbocycles. The number of hydrogen-bond acceptors (Lipinski definition) is 4. The maximum atomic E-state index is 9.98. The fourth-order valence-electron chi connectivity index (χ4n) is 1.57. The number of unbranched alkanes of at least 4 members (excludes halogenated alkanes) is 2. The summed E-state index contributed by atoms with van der Waals surface area (Å²) < 4.78 is 10.8. The van der Waals surface area contributed by atoms with Crippen molar-refractivity contribution in [1.29, 1.82) is 0 Å². The third-order valence-corrected chi connectivity index (χ3v) is 2.92. The van der Waals surface area contributed by atoms with E-state index in [2.05, 4.69) is 20.4 Å². The molecule has 0 amide bonds. The minimum absolute atomic E-state index is 0.444. The molecule has 0 aliphatic rings. The van der Waals surface area contributed by atoms with E-state index in [0.717, 1.165) is 32.3 Å². The fourth-order valence-corrected chi connectivity index (χ4v) is 1.57. The van der Waals surface area contributed by atoms with Crippen LogP contribution < -0.4 is 0 Å². The molecule has 0 spiro atoms. The summed E-state index contributed by atoms with van der Waals surface area (Å²) in [6, 6.07) is 0. The highest BCUT2D eigenvalue weighted by Gasteiger charge is 2.22. The van der Waals surface area contributed by atoms with Gasteiger partial charge in [-0.2, -0.15) is 0 Å². The molecule has 4 heteroatoms. The van der Waals surface area contributed by atoms with Crippen LogP contribution in [0.25, 0.3) is 0 Å². The van der Waals surface area contributed by atoms with Crippen molar-refractivity contribution in [3.63, 3.8) is 0 Å². The molecule has 118 valence electrons. The van der Waals surface area contributed by atoms with Crippen LogP contribution in [0.5, 0.6) is 0 Å². The van der Waals surface area contributed by atoms with E-state index >= 15 is 0 Å². The van der Waals surface area contributed by atoms with Crippen molar-refractivity contribution >= 4 is 0 Å². The Morgan fingerprint density at radius 2 is 1.75 bits per heavy atom. The standard InChI is InChI=1S/C16H30O4/c1-4-7-11-19-12-9-10-14(17)16(18)15(6-3)20-13-8-5-2/h6,9-10,14-18H,3-5,7-8,11-13H2,1-2H3. The number of hydrogen-bond donors (Lipinski definition) is 2. The van der Waals surface area contributed by atoms with Crippen molar-refractivity contribution in [2.24, 2.45) is 0 Å². The number of aliphatic hydroxyl groups excluding tert-OH is 2. The van der Waals surface area contributed by atoms with E-state index in [1.165, 1.54) is 12.2 Å². The van der Waals surface area contributed by atoms with Gasteiger partial charge < -0.3 is 19.7 Å². The lowest BCUT2D eigenvalue weighted by Gasteiger charge is -2.22. The van der Waals surface area contributed by atoms with E-state index in [0.29, 0.717) is 13.2 Å². The molecule has 20 heavy (non-hydrogen) atoms. The summed E-state index contributed by atoms with van der Waals surface area (Å²) in [7, 11) is 0. The first kappa shape index (κ1) is 19.3. The molecule has 0 fully saturated rings. The fraction of sp³-hybridized carbons (Fsp3) is 0.750. The minimum Gasteiger partial charge on any atom is -0.387 e. The Morgan fingerprint density at radius 1 is 1.10 bits per heavy atom. The van der Waals surface area contributed by atoms with Gasteiger partial charge in [0.25, 0.3) is 0 Å². The topological polar surface area (TPSA) is 58.9 Å². The molecular weight excluding hydrogens is 256 g/mol. The maximum absolute atomic E-state index is 9.98. The average Bonchev–Trinajstić information content (AvgIpc) is 2.46. The third kappa shape index (κ3) is 9.26. The average molecular weight is 286 g/mol. The van der Waals surface area contributed by atoms with Gasteiger partial charge in [0.15, 0.2) is 0 Å². The predicted molar refractivity (Wildman–Crippen MR) is 81.7 cm³/mol. The monoisotopic (exact) mass is 286 g/mol. The van der Waals surface area contributed by atoms with Crippen molar-refractivity contribution < 1.29 is 19.7 Å². The molecule has 0 aliphatic heterocycles. The summed E-state index contributed by atoms with van der Waals surface area (Å²) >= 11 is 0. The van der Waals surface area contributed by atoms with Crippen LogP contribution in [0.2, 0.25) is 0 Å². The first-order valence-electron chi connectivity index (χ1n) is 7.52. The smallest absolute Gasteiger partial charge is 0.113 e. The van der Waals surface area contributed by atoms with Crippen LogP contribution in [-0.2, 0) is 9.47 Å². The van der Waals surface area contributed by atoms with Gasteiger partial charge in [0.1, 0.15) is 18.3 Å². The molecule has 3 unspecified atom stereocenters. The van der Waals surface area contributed by atoms with Gasteiger partial charge >= 0.3 is 0 Å². The number of aliphatic hydroxyl groups is 2. The summed E-state index contributed by atoms with van der Waals surface area (Å²) in [6.45, 7) is 9.52. The number of rotatable bonds is 13. The van der Waals surface area contributed by atoms with E-state index in [4.69, 9.17) is 9.47 Å². The Bertz CT molecular complexity index is 253. The van der Waals surface area contributed by atoms with Crippen LogP contribution in [0.15, 0.2) is 24.8 Å². The van der Waals surface area contributed by atoms with Crippen LogP contribution >= 0.6 is 0 Å². The summed E-state index contributed by atoms with van der Waals surface area (Å²) in [5.41, 5.74) is 0. The van der Waals surface area contributed by atoms with Gasteiger partial charge in [0.05, 0.1) is 6.61 Å². The highest BCUT2D eigenvalue weighted by atomic mass is 16.5. The molecular formula is C16H30O4. The quantitative estimate of drug-likeness (QED) is 0.403. The third-order valence-electron chi connectivity index (χ3n) is 2.92. The van der Waals surface area contributed by atoms with Crippen LogP contribution in [0, 0.1) is 0 Å². The summed E-state index contributed by atoms with van der Waals surface area (Å²) in [5.74, 6) is 0. The molecule has 4 nitrogen and oxygen atoms in total.